The Morgan fingerprint density at radius 2 is 2.00 bits per heavy atom. The molecule has 0 aliphatic rings. The molecule has 0 unspecified atom stereocenters. The number of methoxy groups -OCH3 is 1. The van der Waals surface area contributed by atoms with E-state index in [0.717, 1.165) is 11.1 Å². The second-order valence-corrected chi connectivity index (χ2v) is 8.17. The van der Waals surface area contributed by atoms with E-state index in [1.54, 1.807) is 13.2 Å². The average Bonchev–Trinajstić information content (AvgIpc) is 3.19. The molecule has 0 spiro atoms. The molecule has 3 rings (SSSR count). The van der Waals surface area contributed by atoms with E-state index in [9.17, 15) is 4.79 Å². The van der Waals surface area contributed by atoms with Crippen molar-refractivity contribution in [1.29, 1.82) is 0 Å². The maximum atomic E-state index is 12.4. The predicted octanol–water partition coefficient (Wildman–Crippen LogP) is 4.33. The average molecular weight is 453 g/mol. The Bertz CT molecular complexity index is 1050. The Morgan fingerprint density at radius 1 is 1.22 bits per heavy atom. The second kappa shape index (κ2) is 11.4. The summed E-state index contributed by atoms with van der Waals surface area (Å²) in [5, 5.41) is 12.2. The first-order valence-corrected chi connectivity index (χ1v) is 11.3. The molecule has 7 nitrogen and oxygen atoms in total. The number of benzene rings is 2. The van der Waals surface area contributed by atoms with E-state index in [-0.39, 0.29) is 24.3 Å². The van der Waals surface area contributed by atoms with Crippen molar-refractivity contribution in [3.8, 4) is 11.5 Å². The first-order valence-electron chi connectivity index (χ1n) is 10.3. The predicted molar refractivity (Wildman–Crippen MR) is 126 cm³/mol. The summed E-state index contributed by atoms with van der Waals surface area (Å²) >= 11 is 1.33. The third kappa shape index (κ3) is 6.13. The van der Waals surface area contributed by atoms with Gasteiger partial charge in [0.15, 0.2) is 22.5 Å². The number of carbonyl (C=O) groups excluding carboxylic acids is 1. The van der Waals surface area contributed by atoms with Crippen LogP contribution in [0.5, 0.6) is 11.5 Å². The number of hydrogen-bond acceptors (Lipinski definition) is 6. The number of ether oxygens (including phenoxy) is 2. The summed E-state index contributed by atoms with van der Waals surface area (Å²) in [6.45, 7) is 8.51. The van der Waals surface area contributed by atoms with Crippen molar-refractivity contribution in [2.45, 2.75) is 38.2 Å². The number of amides is 1. The van der Waals surface area contributed by atoms with Crippen molar-refractivity contribution in [1.82, 2.24) is 20.1 Å². The van der Waals surface area contributed by atoms with Gasteiger partial charge in [-0.3, -0.25) is 9.36 Å². The lowest BCUT2D eigenvalue weighted by Gasteiger charge is -2.14. The third-order valence-corrected chi connectivity index (χ3v) is 5.76. The van der Waals surface area contributed by atoms with Gasteiger partial charge in [0.25, 0.3) is 0 Å². The third-order valence-electron chi connectivity index (χ3n) is 4.79. The summed E-state index contributed by atoms with van der Waals surface area (Å²) in [6, 6.07) is 15.5. The highest BCUT2D eigenvalue weighted by Gasteiger charge is 2.16. The zero-order valence-electron chi connectivity index (χ0n) is 18.6. The van der Waals surface area contributed by atoms with Crippen molar-refractivity contribution in [2.24, 2.45) is 0 Å². The number of nitrogens with one attached hydrogen (secondary N) is 1. The molecule has 0 radical (unpaired) electrons. The Kier molecular flexibility index (Phi) is 8.33. The van der Waals surface area contributed by atoms with Gasteiger partial charge in [0.1, 0.15) is 6.61 Å². The van der Waals surface area contributed by atoms with E-state index in [0.29, 0.717) is 29.0 Å². The van der Waals surface area contributed by atoms with Gasteiger partial charge in [-0.1, -0.05) is 54.2 Å². The van der Waals surface area contributed by atoms with Crippen molar-refractivity contribution < 1.29 is 14.3 Å². The normalized spacial score (nSPS) is 11.6. The summed E-state index contributed by atoms with van der Waals surface area (Å²) in [4.78, 5) is 12.4. The number of nitrogens with zero attached hydrogens (tertiary/aromatic N) is 3. The number of hydrogen-bond donors (Lipinski definition) is 1. The fourth-order valence-corrected chi connectivity index (χ4v) is 3.90. The fraction of sp³-hybridized carbons (Fsp3) is 0.292. The molecule has 0 saturated heterocycles. The van der Waals surface area contributed by atoms with Crippen molar-refractivity contribution in [3.05, 3.63) is 78.1 Å². The lowest BCUT2D eigenvalue weighted by atomic mass is 10.1. The molecule has 2 aromatic carbocycles. The minimum Gasteiger partial charge on any atom is -0.493 e. The van der Waals surface area contributed by atoms with Crippen LogP contribution in [0.4, 0.5) is 0 Å². The number of thioether (sulfide) groups is 1. The van der Waals surface area contributed by atoms with E-state index in [1.807, 2.05) is 66.9 Å². The quantitative estimate of drug-likeness (QED) is 0.345. The molecule has 0 aliphatic carbocycles. The number of aryl methyl sites for hydroxylation is 1. The van der Waals surface area contributed by atoms with E-state index in [2.05, 4.69) is 22.1 Å². The summed E-state index contributed by atoms with van der Waals surface area (Å²) in [7, 11) is 1.61. The van der Waals surface area contributed by atoms with Crippen molar-refractivity contribution in [3.63, 3.8) is 0 Å². The number of carbonyl (C=O) groups is 1. The van der Waals surface area contributed by atoms with Crippen molar-refractivity contribution >= 4 is 17.7 Å². The van der Waals surface area contributed by atoms with Crippen LogP contribution in [-0.2, 0) is 17.9 Å². The largest absolute Gasteiger partial charge is 0.493 e. The molecule has 0 bridgehead atoms. The van der Waals surface area contributed by atoms with Crippen LogP contribution in [0.25, 0.3) is 0 Å². The van der Waals surface area contributed by atoms with Crippen molar-refractivity contribution in [2.75, 3.05) is 12.9 Å². The van der Waals surface area contributed by atoms with Crippen LogP contribution in [-0.4, -0.2) is 33.5 Å². The van der Waals surface area contributed by atoms with Crippen LogP contribution in [0.3, 0.4) is 0 Å². The molecule has 1 N–H and O–H groups in total. The molecule has 1 amide bonds. The van der Waals surface area contributed by atoms with Crippen LogP contribution in [0.2, 0.25) is 0 Å². The Hall–Kier alpha value is -3.26. The maximum Gasteiger partial charge on any atom is 0.230 e. The topological polar surface area (TPSA) is 78.3 Å². The first-order chi connectivity index (χ1) is 15.5. The van der Waals surface area contributed by atoms with E-state index >= 15 is 0 Å². The van der Waals surface area contributed by atoms with Crippen LogP contribution < -0.4 is 14.8 Å². The van der Waals surface area contributed by atoms with Gasteiger partial charge in [-0.25, -0.2) is 0 Å². The highest BCUT2D eigenvalue weighted by atomic mass is 32.2. The summed E-state index contributed by atoms with van der Waals surface area (Å²) in [5.74, 6) is 2.11. The molecule has 1 atom stereocenters. The van der Waals surface area contributed by atoms with Gasteiger partial charge in [0.05, 0.1) is 18.9 Å². The Morgan fingerprint density at radius 3 is 2.72 bits per heavy atom. The molecule has 0 aliphatic heterocycles. The molecule has 8 heteroatoms. The molecular weight excluding hydrogens is 424 g/mol. The van der Waals surface area contributed by atoms with Gasteiger partial charge in [-0.05, 0) is 37.1 Å². The minimum absolute atomic E-state index is 0.0659. The zero-order valence-corrected chi connectivity index (χ0v) is 19.4. The SMILES string of the molecule is C=CCn1c(COc2ccc(C)cc2OC)nnc1SCC(=O)N[C@@H](C)c1ccccc1. The summed E-state index contributed by atoms with van der Waals surface area (Å²) in [6.07, 6.45) is 1.76. The molecule has 0 fully saturated rings. The van der Waals surface area contributed by atoms with Gasteiger partial charge in [-0.15, -0.1) is 16.8 Å². The number of aromatic nitrogens is 3. The lowest BCUT2D eigenvalue weighted by molar-refractivity contribution is -0.119. The molecule has 1 heterocycles. The Labute approximate surface area is 192 Å². The highest BCUT2D eigenvalue weighted by molar-refractivity contribution is 7.99. The fourth-order valence-electron chi connectivity index (χ4n) is 3.12. The highest BCUT2D eigenvalue weighted by Crippen LogP contribution is 2.28. The summed E-state index contributed by atoms with van der Waals surface area (Å²) in [5.41, 5.74) is 2.15. The second-order valence-electron chi connectivity index (χ2n) is 7.23. The monoisotopic (exact) mass is 452 g/mol. The maximum absolute atomic E-state index is 12.4. The minimum atomic E-state index is -0.0679. The molecule has 0 saturated carbocycles. The van der Waals surface area contributed by atoms with E-state index in [4.69, 9.17) is 9.47 Å². The standard InChI is InChI=1S/C24H28N4O3S/c1-5-13-28-22(15-31-20-12-11-17(2)14-21(20)30-4)26-27-24(28)32-16-23(29)25-18(3)19-9-7-6-8-10-19/h5-12,14,18H,1,13,15-16H2,2-4H3,(H,25,29)/t18-/m0/s1. The van der Waals surface area contributed by atoms with Gasteiger partial charge in [0.2, 0.25) is 5.91 Å². The lowest BCUT2D eigenvalue weighted by Crippen LogP contribution is -2.28. The van der Waals surface area contributed by atoms with Gasteiger partial charge >= 0.3 is 0 Å². The molecule has 32 heavy (non-hydrogen) atoms. The molecular formula is C24H28N4O3S. The summed E-state index contributed by atoms with van der Waals surface area (Å²) < 4.78 is 13.2. The number of rotatable bonds is 11. The Balaban J connectivity index is 1.62. The first kappa shape index (κ1) is 23.4. The molecule has 168 valence electrons. The molecule has 1 aromatic heterocycles. The van der Waals surface area contributed by atoms with Gasteiger partial charge in [-0.2, -0.15) is 0 Å². The van der Waals surface area contributed by atoms with Gasteiger partial charge in [0, 0.05) is 6.54 Å². The van der Waals surface area contributed by atoms with Crippen LogP contribution in [0.15, 0.2) is 66.3 Å². The van der Waals surface area contributed by atoms with Gasteiger partial charge < -0.3 is 14.8 Å². The number of allylic oxidation sites excluding steroid dienone is 1. The van der Waals surface area contributed by atoms with E-state index in [1.165, 1.54) is 11.8 Å². The van der Waals surface area contributed by atoms with Crippen LogP contribution >= 0.6 is 11.8 Å². The van der Waals surface area contributed by atoms with Crippen LogP contribution in [0, 0.1) is 6.92 Å². The zero-order chi connectivity index (χ0) is 22.9. The smallest absolute Gasteiger partial charge is 0.230 e. The van der Waals surface area contributed by atoms with Crippen LogP contribution in [0.1, 0.15) is 29.9 Å². The van der Waals surface area contributed by atoms with E-state index < -0.39 is 0 Å². The molecule has 3 aromatic rings.